The molecule has 1 aromatic rings. The number of carbonyl (C=O) groups excluding carboxylic acids is 2. The molecule has 1 aromatic carbocycles. The van der Waals surface area contributed by atoms with Crippen LogP contribution in [0.25, 0.3) is 0 Å². The maximum Gasteiger partial charge on any atom is 0.242 e. The molecule has 2 rings (SSSR count). The summed E-state index contributed by atoms with van der Waals surface area (Å²) in [6, 6.07) is 6.80. The van der Waals surface area contributed by atoms with E-state index in [0.29, 0.717) is 36.9 Å². The molecule has 5 heteroatoms. The second-order valence-corrected chi connectivity index (χ2v) is 4.41. The van der Waals surface area contributed by atoms with Gasteiger partial charge in [-0.3, -0.25) is 9.59 Å². The summed E-state index contributed by atoms with van der Waals surface area (Å²) in [6.45, 7) is 3.17. The number of amides is 1. The van der Waals surface area contributed by atoms with Gasteiger partial charge in [-0.05, 0) is 24.6 Å². The largest absolute Gasteiger partial charge is 0.357 e. The van der Waals surface area contributed by atoms with Crippen LogP contribution >= 0.6 is 0 Å². The Kier molecular flexibility index (Phi) is 3.81. The normalized spacial score (nSPS) is 18.6. The van der Waals surface area contributed by atoms with Crippen molar-refractivity contribution in [3.63, 3.8) is 0 Å². The maximum absolute atomic E-state index is 11.8. The number of nitrogens with zero attached hydrogens (tertiary/aromatic N) is 2. The van der Waals surface area contributed by atoms with Crippen molar-refractivity contribution in [2.45, 2.75) is 19.4 Å². The van der Waals surface area contributed by atoms with Crippen molar-refractivity contribution in [2.24, 2.45) is 0 Å². The van der Waals surface area contributed by atoms with E-state index in [1.54, 1.807) is 18.2 Å². The number of anilines is 1. The fourth-order valence-corrected chi connectivity index (χ4v) is 2.38. The lowest BCUT2D eigenvalue weighted by Gasteiger charge is -2.36. The Labute approximate surface area is 111 Å². The van der Waals surface area contributed by atoms with E-state index in [1.807, 2.05) is 11.8 Å². The molecule has 1 unspecified atom stereocenters. The van der Waals surface area contributed by atoms with Crippen LogP contribution in [0.5, 0.6) is 0 Å². The highest BCUT2D eigenvalue weighted by Crippen LogP contribution is 2.25. The molecular formula is C14H15N3O2. The van der Waals surface area contributed by atoms with Crippen LogP contribution in [0.2, 0.25) is 0 Å². The van der Waals surface area contributed by atoms with Gasteiger partial charge < -0.3 is 10.2 Å². The third-order valence-electron chi connectivity index (χ3n) is 3.30. The van der Waals surface area contributed by atoms with Gasteiger partial charge in [0.25, 0.3) is 0 Å². The van der Waals surface area contributed by atoms with Crippen molar-refractivity contribution < 1.29 is 9.59 Å². The summed E-state index contributed by atoms with van der Waals surface area (Å²) in [5.41, 5.74) is 1.61. The standard InChI is InChI=1S/C14H15N3O2/c1-2-12-14(19)16-5-6-17(12)13-4-3-10(9-18)7-11(13)8-15/h3-4,7,9,12H,2,5-6H2,1H3,(H,16,19). The average molecular weight is 257 g/mol. The first kappa shape index (κ1) is 13.1. The van der Waals surface area contributed by atoms with Gasteiger partial charge in [0.15, 0.2) is 0 Å². The summed E-state index contributed by atoms with van der Waals surface area (Å²) in [6.07, 6.45) is 1.39. The van der Waals surface area contributed by atoms with Gasteiger partial charge in [0.05, 0.1) is 11.3 Å². The number of benzene rings is 1. The lowest BCUT2D eigenvalue weighted by molar-refractivity contribution is -0.123. The number of carbonyl (C=O) groups is 2. The number of aldehydes is 1. The van der Waals surface area contributed by atoms with E-state index < -0.39 is 0 Å². The molecule has 0 radical (unpaired) electrons. The third-order valence-corrected chi connectivity index (χ3v) is 3.30. The zero-order valence-corrected chi connectivity index (χ0v) is 10.7. The molecule has 1 fully saturated rings. The Hall–Kier alpha value is -2.35. The van der Waals surface area contributed by atoms with Gasteiger partial charge in [0.2, 0.25) is 5.91 Å². The van der Waals surface area contributed by atoms with Gasteiger partial charge in [-0.25, -0.2) is 0 Å². The average Bonchev–Trinajstić information content (AvgIpc) is 2.46. The van der Waals surface area contributed by atoms with E-state index in [0.717, 1.165) is 5.69 Å². The summed E-state index contributed by atoms with van der Waals surface area (Å²) in [4.78, 5) is 24.5. The summed E-state index contributed by atoms with van der Waals surface area (Å²) in [5, 5.41) is 12.0. The SMILES string of the molecule is CCC1C(=O)NCCN1c1ccc(C=O)cc1C#N. The number of rotatable bonds is 3. The van der Waals surface area contributed by atoms with Crippen molar-refractivity contribution in [1.82, 2.24) is 5.32 Å². The Morgan fingerprint density at radius 1 is 1.58 bits per heavy atom. The minimum absolute atomic E-state index is 0.0166. The molecule has 1 N–H and O–H groups in total. The Bertz CT molecular complexity index is 548. The van der Waals surface area contributed by atoms with Crippen molar-refractivity contribution in [3.05, 3.63) is 29.3 Å². The van der Waals surface area contributed by atoms with Crippen molar-refractivity contribution >= 4 is 17.9 Å². The van der Waals surface area contributed by atoms with Crippen molar-refractivity contribution in [3.8, 4) is 6.07 Å². The number of hydrogen-bond acceptors (Lipinski definition) is 4. The number of piperazine rings is 1. The molecule has 0 spiro atoms. The predicted octanol–water partition coefficient (Wildman–Crippen LogP) is 1.09. The predicted molar refractivity (Wildman–Crippen MR) is 71.0 cm³/mol. The fraction of sp³-hybridized carbons (Fsp3) is 0.357. The molecule has 1 atom stereocenters. The Morgan fingerprint density at radius 3 is 3.00 bits per heavy atom. The van der Waals surface area contributed by atoms with Gasteiger partial charge in [0, 0.05) is 18.7 Å². The quantitative estimate of drug-likeness (QED) is 0.822. The Morgan fingerprint density at radius 2 is 2.37 bits per heavy atom. The zero-order chi connectivity index (χ0) is 13.8. The van der Waals surface area contributed by atoms with Crippen LogP contribution in [0.1, 0.15) is 29.3 Å². The molecule has 98 valence electrons. The van der Waals surface area contributed by atoms with Crippen molar-refractivity contribution in [2.75, 3.05) is 18.0 Å². The molecule has 0 aromatic heterocycles. The minimum atomic E-state index is -0.261. The van der Waals surface area contributed by atoms with Crippen LogP contribution in [0.3, 0.4) is 0 Å². The van der Waals surface area contributed by atoms with Gasteiger partial charge in [0.1, 0.15) is 18.4 Å². The monoisotopic (exact) mass is 257 g/mol. The first-order valence-electron chi connectivity index (χ1n) is 6.25. The molecule has 0 bridgehead atoms. The van der Waals surface area contributed by atoms with Gasteiger partial charge >= 0.3 is 0 Å². The molecule has 5 nitrogen and oxygen atoms in total. The summed E-state index contributed by atoms with van der Waals surface area (Å²) in [7, 11) is 0. The number of nitriles is 1. The van der Waals surface area contributed by atoms with E-state index in [2.05, 4.69) is 11.4 Å². The van der Waals surface area contributed by atoms with E-state index in [-0.39, 0.29) is 11.9 Å². The molecule has 1 aliphatic heterocycles. The van der Waals surface area contributed by atoms with Crippen LogP contribution in [-0.4, -0.2) is 31.3 Å². The first-order chi connectivity index (χ1) is 9.21. The lowest BCUT2D eigenvalue weighted by atomic mass is 10.0. The molecule has 1 aliphatic rings. The van der Waals surface area contributed by atoms with E-state index in [9.17, 15) is 14.9 Å². The summed E-state index contributed by atoms with van der Waals surface area (Å²) >= 11 is 0. The first-order valence-corrected chi connectivity index (χ1v) is 6.25. The van der Waals surface area contributed by atoms with E-state index in [1.165, 1.54) is 0 Å². The van der Waals surface area contributed by atoms with Crippen LogP contribution in [0.4, 0.5) is 5.69 Å². The second kappa shape index (κ2) is 5.53. The lowest BCUT2D eigenvalue weighted by Crippen LogP contribution is -2.55. The highest BCUT2D eigenvalue weighted by atomic mass is 16.2. The minimum Gasteiger partial charge on any atom is -0.357 e. The highest BCUT2D eigenvalue weighted by molar-refractivity contribution is 5.87. The van der Waals surface area contributed by atoms with Crippen LogP contribution in [-0.2, 0) is 4.79 Å². The fourth-order valence-electron chi connectivity index (χ4n) is 2.38. The molecule has 1 amide bonds. The van der Waals surface area contributed by atoms with Crippen LogP contribution in [0.15, 0.2) is 18.2 Å². The van der Waals surface area contributed by atoms with E-state index >= 15 is 0 Å². The third kappa shape index (κ3) is 2.43. The Balaban J connectivity index is 2.42. The van der Waals surface area contributed by atoms with E-state index in [4.69, 9.17) is 0 Å². The van der Waals surface area contributed by atoms with Crippen LogP contribution in [0, 0.1) is 11.3 Å². The maximum atomic E-state index is 11.8. The van der Waals surface area contributed by atoms with Gasteiger partial charge in [-0.15, -0.1) is 0 Å². The van der Waals surface area contributed by atoms with Gasteiger partial charge in [-0.1, -0.05) is 6.92 Å². The highest BCUT2D eigenvalue weighted by Gasteiger charge is 2.29. The van der Waals surface area contributed by atoms with Gasteiger partial charge in [-0.2, -0.15) is 5.26 Å². The zero-order valence-electron chi connectivity index (χ0n) is 10.7. The topological polar surface area (TPSA) is 73.2 Å². The molecule has 19 heavy (non-hydrogen) atoms. The summed E-state index contributed by atoms with van der Waals surface area (Å²) in [5.74, 6) is -0.0166. The molecular weight excluding hydrogens is 242 g/mol. The number of hydrogen-bond donors (Lipinski definition) is 1. The molecule has 0 saturated carbocycles. The molecule has 0 aliphatic carbocycles. The molecule has 1 saturated heterocycles. The summed E-state index contributed by atoms with van der Waals surface area (Å²) < 4.78 is 0. The molecule has 1 heterocycles. The smallest absolute Gasteiger partial charge is 0.242 e. The number of nitrogens with one attached hydrogen (secondary N) is 1. The second-order valence-electron chi connectivity index (χ2n) is 4.41. The van der Waals surface area contributed by atoms with Crippen molar-refractivity contribution in [1.29, 1.82) is 5.26 Å². The van der Waals surface area contributed by atoms with Crippen LogP contribution < -0.4 is 10.2 Å².